The van der Waals surface area contributed by atoms with Crippen molar-refractivity contribution in [1.29, 1.82) is 0 Å². The molecule has 4 nitrogen and oxygen atoms in total. The summed E-state index contributed by atoms with van der Waals surface area (Å²) in [6.45, 7) is 13.4. The first-order valence-corrected chi connectivity index (χ1v) is 17.5. The molecule has 52 heavy (non-hydrogen) atoms. The quantitative estimate of drug-likeness (QED) is 0.150. The molecular weight excluding hydrogens is 816 g/mol. The zero-order valence-corrected chi connectivity index (χ0v) is 32.7. The molecule has 0 aliphatic rings. The van der Waals surface area contributed by atoms with Crippen molar-refractivity contribution in [3.8, 4) is 56.0 Å². The second kappa shape index (κ2) is 15.2. The third-order valence-corrected chi connectivity index (χ3v) is 9.17. The first-order valence-electron chi connectivity index (χ1n) is 17.5. The largest absolute Gasteiger partial charge is 2.00 e. The molecule has 0 atom stereocenters. The summed E-state index contributed by atoms with van der Waals surface area (Å²) in [5, 5.41) is 5.27. The number of rotatable bonds is 7. The molecule has 0 unspecified atom stereocenters. The Morgan fingerprint density at radius 2 is 1.13 bits per heavy atom. The number of benzene rings is 4. The van der Waals surface area contributed by atoms with E-state index in [0.29, 0.717) is 5.82 Å². The number of hydrogen-bond donors (Lipinski definition) is 0. The van der Waals surface area contributed by atoms with Gasteiger partial charge in [0.05, 0.1) is 11.4 Å². The molecule has 0 spiro atoms. The molecular formula is C47H42N4Pt. The van der Waals surface area contributed by atoms with Crippen LogP contribution in [0.2, 0.25) is 0 Å². The summed E-state index contributed by atoms with van der Waals surface area (Å²) in [6.07, 6.45) is 3.67. The van der Waals surface area contributed by atoms with Gasteiger partial charge in [0, 0.05) is 11.8 Å². The predicted molar refractivity (Wildman–Crippen MR) is 212 cm³/mol. The van der Waals surface area contributed by atoms with E-state index in [9.17, 15) is 0 Å². The normalized spacial score (nSPS) is 11.5. The molecule has 4 aromatic carbocycles. The Balaban J connectivity index is 0.00000464. The van der Waals surface area contributed by atoms with Gasteiger partial charge in [-0.15, -0.1) is 35.4 Å². The van der Waals surface area contributed by atoms with Crippen molar-refractivity contribution in [2.24, 2.45) is 0 Å². The van der Waals surface area contributed by atoms with Gasteiger partial charge >= 0.3 is 21.1 Å². The minimum absolute atomic E-state index is 0. The average Bonchev–Trinajstić information content (AvgIpc) is 3.15. The van der Waals surface area contributed by atoms with E-state index in [1.807, 2.05) is 30.5 Å². The average molecular weight is 858 g/mol. The Bertz CT molecular complexity index is 2300. The van der Waals surface area contributed by atoms with Gasteiger partial charge < -0.3 is 10.3 Å². The van der Waals surface area contributed by atoms with Crippen molar-refractivity contribution in [1.82, 2.24) is 15.0 Å². The van der Waals surface area contributed by atoms with E-state index in [2.05, 4.69) is 157 Å². The van der Waals surface area contributed by atoms with Crippen LogP contribution in [0.3, 0.4) is 0 Å². The second-order valence-corrected chi connectivity index (χ2v) is 15.0. The minimum atomic E-state index is -0.0556. The van der Waals surface area contributed by atoms with Gasteiger partial charge in [0.1, 0.15) is 0 Å². The monoisotopic (exact) mass is 857 g/mol. The van der Waals surface area contributed by atoms with Crippen LogP contribution in [0.5, 0.6) is 0 Å². The van der Waals surface area contributed by atoms with Crippen LogP contribution < -0.4 is 0 Å². The smallest absolute Gasteiger partial charge is 0.442 e. The van der Waals surface area contributed by atoms with E-state index in [1.165, 1.54) is 11.1 Å². The summed E-state index contributed by atoms with van der Waals surface area (Å²) in [7, 11) is 0. The molecule has 3 heterocycles. The molecule has 0 amide bonds. The molecule has 0 saturated carbocycles. The Morgan fingerprint density at radius 1 is 0.500 bits per heavy atom. The molecule has 0 saturated heterocycles. The zero-order chi connectivity index (χ0) is 35.6. The molecule has 0 fully saturated rings. The van der Waals surface area contributed by atoms with E-state index in [0.717, 1.165) is 61.7 Å². The number of hydrogen-bond acceptors (Lipinski definition) is 3. The van der Waals surface area contributed by atoms with Gasteiger partial charge in [0.25, 0.3) is 0 Å². The molecule has 5 heteroatoms. The maximum absolute atomic E-state index is 5.27. The van der Waals surface area contributed by atoms with Crippen LogP contribution in [-0.2, 0) is 31.9 Å². The van der Waals surface area contributed by atoms with E-state index in [-0.39, 0.29) is 31.9 Å². The van der Waals surface area contributed by atoms with E-state index in [4.69, 9.17) is 20.3 Å². The van der Waals surface area contributed by atoms with Crippen LogP contribution >= 0.6 is 0 Å². The summed E-state index contributed by atoms with van der Waals surface area (Å²) in [5.74, 6) is 0.595. The SMILES string of the molecule is CC(C)(C)c1cc[c-]c(-c2cc(-c3ccccc3)cc(-c3cccnc3[N-]c3ccc(C(C)(C)C)cc3-c3cc(-c4ccccc4)ccn3)n2)c1.[Pt+2]. The van der Waals surface area contributed by atoms with Gasteiger partial charge in [-0.2, -0.15) is 0 Å². The van der Waals surface area contributed by atoms with Crippen molar-refractivity contribution in [2.75, 3.05) is 0 Å². The van der Waals surface area contributed by atoms with Gasteiger partial charge in [-0.1, -0.05) is 139 Å². The fourth-order valence-corrected chi connectivity index (χ4v) is 6.18. The Hall–Kier alpha value is -5.18. The standard InChI is InChI=1S/C47H42N4.Pt/c1-46(2,3)37-20-13-19-35(27-37)42-29-36(33-17-11-8-12-18-33)30-44(50-42)39-21-14-25-49-45(39)51-41-23-22-38(47(4,5)6)31-40(41)43-28-34(24-26-48-43)32-15-9-7-10-16-32;/h7-18,20-31H,1-6H3;/q-2;+2. The summed E-state index contributed by atoms with van der Waals surface area (Å²) >= 11 is 0. The topological polar surface area (TPSA) is 52.8 Å². The van der Waals surface area contributed by atoms with Crippen molar-refractivity contribution in [2.45, 2.75) is 52.4 Å². The van der Waals surface area contributed by atoms with Crippen molar-refractivity contribution in [3.05, 3.63) is 168 Å². The van der Waals surface area contributed by atoms with E-state index >= 15 is 0 Å². The first kappa shape index (κ1) is 36.6. The van der Waals surface area contributed by atoms with Gasteiger partial charge in [0.2, 0.25) is 0 Å². The van der Waals surface area contributed by atoms with E-state index < -0.39 is 0 Å². The predicted octanol–water partition coefficient (Wildman–Crippen LogP) is 12.9. The van der Waals surface area contributed by atoms with E-state index in [1.54, 1.807) is 6.20 Å². The molecule has 0 aliphatic heterocycles. The summed E-state index contributed by atoms with van der Waals surface area (Å²) in [4.78, 5) is 15.0. The molecule has 0 aliphatic carbocycles. The van der Waals surface area contributed by atoms with Crippen LogP contribution in [0.4, 0.5) is 11.5 Å². The van der Waals surface area contributed by atoms with Crippen molar-refractivity contribution < 1.29 is 21.1 Å². The van der Waals surface area contributed by atoms with Gasteiger partial charge in [-0.25, -0.2) is 0 Å². The summed E-state index contributed by atoms with van der Waals surface area (Å²) in [5.41, 5.74) is 12.9. The first-order chi connectivity index (χ1) is 24.5. The fourth-order valence-electron chi connectivity index (χ4n) is 6.18. The fraction of sp³-hybridized carbons (Fsp3) is 0.170. The zero-order valence-electron chi connectivity index (χ0n) is 30.5. The third-order valence-electron chi connectivity index (χ3n) is 9.17. The van der Waals surface area contributed by atoms with Crippen LogP contribution in [0.15, 0.2) is 146 Å². The Morgan fingerprint density at radius 3 is 1.83 bits per heavy atom. The molecule has 0 N–H and O–H groups in total. The van der Waals surface area contributed by atoms with Crippen molar-refractivity contribution >= 4 is 11.5 Å². The van der Waals surface area contributed by atoms with Crippen molar-refractivity contribution in [3.63, 3.8) is 0 Å². The maximum Gasteiger partial charge on any atom is 2.00 e. The van der Waals surface area contributed by atoms with Gasteiger partial charge in [-0.3, -0.25) is 9.97 Å². The van der Waals surface area contributed by atoms with Gasteiger partial charge in [0.15, 0.2) is 0 Å². The summed E-state index contributed by atoms with van der Waals surface area (Å²) in [6, 6.07) is 49.6. The Labute approximate surface area is 322 Å². The van der Waals surface area contributed by atoms with Gasteiger partial charge in [-0.05, 0) is 85.7 Å². The molecule has 7 rings (SSSR count). The summed E-state index contributed by atoms with van der Waals surface area (Å²) < 4.78 is 0. The number of pyridine rings is 3. The minimum Gasteiger partial charge on any atom is -0.442 e. The van der Waals surface area contributed by atoms with Crippen LogP contribution in [-0.4, -0.2) is 15.0 Å². The van der Waals surface area contributed by atoms with Crippen LogP contribution in [0, 0.1) is 6.07 Å². The van der Waals surface area contributed by atoms with Crippen LogP contribution in [0.1, 0.15) is 52.7 Å². The molecule has 0 radical (unpaired) electrons. The molecule has 7 aromatic rings. The van der Waals surface area contributed by atoms with Crippen LogP contribution in [0.25, 0.3) is 61.3 Å². The Kier molecular flexibility index (Phi) is 10.7. The molecule has 0 bridgehead atoms. The maximum atomic E-state index is 5.27. The third kappa shape index (κ3) is 8.14. The molecule has 3 aromatic heterocycles. The second-order valence-electron chi connectivity index (χ2n) is 15.0. The number of aromatic nitrogens is 3. The molecule has 260 valence electrons. The number of nitrogens with zero attached hydrogens (tertiary/aromatic N) is 4.